The molecule has 4 nitrogen and oxygen atoms in total. The summed E-state index contributed by atoms with van der Waals surface area (Å²) in [5.74, 6) is -0.460. The molecule has 2 rings (SSSR count). The van der Waals surface area contributed by atoms with E-state index in [2.05, 4.69) is 5.32 Å². The quantitative estimate of drug-likeness (QED) is 0.888. The van der Waals surface area contributed by atoms with E-state index in [1.165, 1.54) is 12.1 Å². The zero-order valence-corrected chi connectivity index (χ0v) is 10.7. The molecule has 2 amide bonds. The molecule has 0 atom stereocenters. The van der Waals surface area contributed by atoms with Gasteiger partial charge in [0.15, 0.2) is 0 Å². The Morgan fingerprint density at radius 1 is 1.37 bits per heavy atom. The van der Waals surface area contributed by atoms with E-state index in [1.807, 2.05) is 6.07 Å². The van der Waals surface area contributed by atoms with Crippen molar-refractivity contribution in [3.8, 4) is 6.07 Å². The molecule has 1 fully saturated rings. The Morgan fingerprint density at radius 3 is 2.74 bits per heavy atom. The lowest BCUT2D eigenvalue weighted by atomic mass is 10.1. The number of nitrogens with one attached hydrogen (secondary N) is 1. The Balaban J connectivity index is 1.91. The minimum atomic E-state index is -0.460. The molecule has 1 heterocycles. The monoisotopic (exact) mass is 261 g/mol. The first-order valence-electron chi connectivity index (χ1n) is 6.42. The second-order valence-electron chi connectivity index (χ2n) is 4.62. The highest BCUT2D eigenvalue weighted by atomic mass is 19.1. The van der Waals surface area contributed by atoms with Crippen LogP contribution < -0.4 is 5.32 Å². The Bertz CT molecular complexity index is 504. The van der Waals surface area contributed by atoms with E-state index in [0.717, 1.165) is 32.4 Å². The molecule has 0 aromatic heterocycles. The van der Waals surface area contributed by atoms with Crippen LogP contribution in [0, 0.1) is 17.1 Å². The molecule has 0 aliphatic carbocycles. The maximum Gasteiger partial charge on any atom is 0.317 e. The molecule has 0 radical (unpaired) electrons. The van der Waals surface area contributed by atoms with E-state index in [0.29, 0.717) is 5.56 Å². The molecular weight excluding hydrogens is 245 g/mol. The summed E-state index contributed by atoms with van der Waals surface area (Å²) in [4.78, 5) is 13.6. The van der Waals surface area contributed by atoms with Crippen molar-refractivity contribution < 1.29 is 9.18 Å². The maximum atomic E-state index is 13.6. The number of halogens is 1. The number of amides is 2. The maximum absolute atomic E-state index is 13.6. The van der Waals surface area contributed by atoms with Crippen molar-refractivity contribution in [2.24, 2.45) is 0 Å². The molecule has 0 bridgehead atoms. The van der Waals surface area contributed by atoms with Crippen molar-refractivity contribution in [2.45, 2.75) is 25.8 Å². The normalized spacial score (nSPS) is 14.8. The van der Waals surface area contributed by atoms with Gasteiger partial charge >= 0.3 is 6.03 Å². The van der Waals surface area contributed by atoms with Gasteiger partial charge in [-0.25, -0.2) is 9.18 Å². The van der Waals surface area contributed by atoms with E-state index in [4.69, 9.17) is 5.26 Å². The standard InChI is InChI=1S/C14H16FN3O/c15-13-8-11(9-16)4-5-12(13)10-17-14(19)18-6-2-1-3-7-18/h4-5,8H,1-3,6-7,10H2,(H,17,19). The number of hydrogen-bond acceptors (Lipinski definition) is 2. The summed E-state index contributed by atoms with van der Waals surface area (Å²) in [6, 6.07) is 5.99. The van der Waals surface area contributed by atoms with E-state index >= 15 is 0 Å². The lowest BCUT2D eigenvalue weighted by Gasteiger charge is -2.26. The fraction of sp³-hybridized carbons (Fsp3) is 0.429. The highest BCUT2D eigenvalue weighted by Crippen LogP contribution is 2.11. The van der Waals surface area contributed by atoms with E-state index in [-0.39, 0.29) is 18.1 Å². The molecule has 19 heavy (non-hydrogen) atoms. The van der Waals surface area contributed by atoms with E-state index in [9.17, 15) is 9.18 Å². The van der Waals surface area contributed by atoms with Gasteiger partial charge in [0.1, 0.15) is 5.82 Å². The van der Waals surface area contributed by atoms with Crippen molar-refractivity contribution in [3.05, 3.63) is 35.1 Å². The summed E-state index contributed by atoms with van der Waals surface area (Å²) in [5.41, 5.74) is 0.674. The molecule has 1 aromatic carbocycles. The van der Waals surface area contributed by atoms with Crippen LogP contribution in [0.1, 0.15) is 30.4 Å². The van der Waals surface area contributed by atoms with E-state index < -0.39 is 5.82 Å². The molecule has 1 aliphatic rings. The SMILES string of the molecule is N#Cc1ccc(CNC(=O)N2CCCCC2)c(F)c1. The van der Waals surface area contributed by atoms with Gasteiger partial charge in [-0.05, 0) is 31.4 Å². The minimum absolute atomic E-state index is 0.146. The third kappa shape index (κ3) is 3.44. The number of benzene rings is 1. The van der Waals surface area contributed by atoms with Crippen LogP contribution in [0.25, 0.3) is 0 Å². The van der Waals surface area contributed by atoms with Crippen LogP contribution in [-0.2, 0) is 6.54 Å². The van der Waals surface area contributed by atoms with E-state index in [1.54, 1.807) is 11.0 Å². The fourth-order valence-corrected chi connectivity index (χ4v) is 2.14. The highest BCUT2D eigenvalue weighted by molar-refractivity contribution is 5.74. The molecular formula is C14H16FN3O. The van der Waals surface area contributed by atoms with Crippen LogP contribution in [-0.4, -0.2) is 24.0 Å². The minimum Gasteiger partial charge on any atom is -0.334 e. The zero-order valence-electron chi connectivity index (χ0n) is 10.7. The summed E-state index contributed by atoms with van der Waals surface area (Å²) < 4.78 is 13.6. The van der Waals surface area contributed by atoms with Gasteiger partial charge in [-0.1, -0.05) is 6.07 Å². The summed E-state index contributed by atoms with van der Waals surface area (Å²) in [6.07, 6.45) is 3.21. The first kappa shape index (κ1) is 13.3. The van der Waals surface area contributed by atoms with Crippen molar-refractivity contribution >= 4 is 6.03 Å². The lowest BCUT2D eigenvalue weighted by Crippen LogP contribution is -2.42. The van der Waals surface area contributed by atoms with Crippen LogP contribution in [0.2, 0.25) is 0 Å². The number of carbonyl (C=O) groups is 1. The zero-order chi connectivity index (χ0) is 13.7. The van der Waals surface area contributed by atoms with Crippen LogP contribution in [0.3, 0.4) is 0 Å². The third-order valence-corrected chi connectivity index (χ3v) is 3.26. The third-order valence-electron chi connectivity index (χ3n) is 3.26. The van der Waals surface area contributed by atoms with Gasteiger partial charge in [-0.2, -0.15) is 5.26 Å². The van der Waals surface area contributed by atoms with Crippen LogP contribution >= 0.6 is 0 Å². The smallest absolute Gasteiger partial charge is 0.317 e. The number of nitrogens with zero attached hydrogens (tertiary/aromatic N) is 2. The summed E-state index contributed by atoms with van der Waals surface area (Å²) in [5, 5.41) is 11.4. The number of likely N-dealkylation sites (tertiary alicyclic amines) is 1. The summed E-state index contributed by atoms with van der Waals surface area (Å²) >= 11 is 0. The number of urea groups is 1. The lowest BCUT2D eigenvalue weighted by molar-refractivity contribution is 0.186. The molecule has 0 spiro atoms. The second-order valence-corrected chi connectivity index (χ2v) is 4.62. The summed E-state index contributed by atoms with van der Waals surface area (Å²) in [6.45, 7) is 1.68. The van der Waals surface area contributed by atoms with Crippen LogP contribution in [0.5, 0.6) is 0 Å². The summed E-state index contributed by atoms with van der Waals surface area (Å²) in [7, 11) is 0. The number of carbonyl (C=O) groups excluding carboxylic acids is 1. The Morgan fingerprint density at radius 2 is 2.11 bits per heavy atom. The number of nitriles is 1. The van der Waals surface area contributed by atoms with Gasteiger partial charge in [0.2, 0.25) is 0 Å². The molecule has 5 heteroatoms. The van der Waals surface area contributed by atoms with Crippen molar-refractivity contribution in [1.82, 2.24) is 10.2 Å². The molecule has 1 N–H and O–H groups in total. The first-order chi connectivity index (χ1) is 9.20. The van der Waals surface area contributed by atoms with Crippen molar-refractivity contribution in [1.29, 1.82) is 5.26 Å². The van der Waals surface area contributed by atoms with Gasteiger partial charge in [-0.15, -0.1) is 0 Å². The Hall–Kier alpha value is -2.09. The Labute approximate surface area is 111 Å². The molecule has 1 aromatic rings. The molecule has 100 valence electrons. The van der Waals surface area contributed by atoms with Gasteiger partial charge in [0.05, 0.1) is 11.6 Å². The predicted octanol–water partition coefficient (Wildman–Crippen LogP) is 2.39. The van der Waals surface area contributed by atoms with Crippen LogP contribution in [0.15, 0.2) is 18.2 Å². The highest BCUT2D eigenvalue weighted by Gasteiger charge is 2.16. The van der Waals surface area contributed by atoms with Gasteiger partial charge < -0.3 is 10.2 Å². The fourth-order valence-electron chi connectivity index (χ4n) is 2.14. The second kappa shape index (κ2) is 6.19. The average molecular weight is 261 g/mol. The Kier molecular flexibility index (Phi) is 4.35. The van der Waals surface area contributed by atoms with Crippen LogP contribution in [0.4, 0.5) is 9.18 Å². The molecule has 1 aliphatic heterocycles. The van der Waals surface area contributed by atoms with Crippen molar-refractivity contribution in [2.75, 3.05) is 13.1 Å². The average Bonchev–Trinajstić information content (AvgIpc) is 2.46. The number of rotatable bonds is 2. The molecule has 1 saturated heterocycles. The topological polar surface area (TPSA) is 56.1 Å². The van der Waals surface area contributed by atoms with Crippen molar-refractivity contribution in [3.63, 3.8) is 0 Å². The van der Waals surface area contributed by atoms with Gasteiger partial charge in [0, 0.05) is 25.2 Å². The molecule has 0 unspecified atom stereocenters. The predicted molar refractivity (Wildman–Crippen MR) is 68.8 cm³/mol. The number of piperidine rings is 1. The first-order valence-corrected chi connectivity index (χ1v) is 6.42. The largest absolute Gasteiger partial charge is 0.334 e. The van der Waals surface area contributed by atoms with Gasteiger partial charge in [-0.3, -0.25) is 0 Å². The number of hydrogen-bond donors (Lipinski definition) is 1. The van der Waals surface area contributed by atoms with Gasteiger partial charge in [0.25, 0.3) is 0 Å². The molecule has 0 saturated carbocycles.